The molecule has 128 valence electrons. The summed E-state index contributed by atoms with van der Waals surface area (Å²) in [5, 5.41) is 0.539. The lowest BCUT2D eigenvalue weighted by Crippen LogP contribution is -2.53. The molecule has 0 aliphatic carbocycles. The highest BCUT2D eigenvalue weighted by Crippen LogP contribution is 2.17. The van der Waals surface area contributed by atoms with E-state index in [1.54, 1.807) is 29.2 Å². The van der Waals surface area contributed by atoms with Gasteiger partial charge in [-0.3, -0.25) is 4.79 Å². The number of carbonyl (C=O) groups excluding carboxylic acids is 1. The van der Waals surface area contributed by atoms with Crippen molar-refractivity contribution in [2.75, 3.05) is 46.9 Å². The van der Waals surface area contributed by atoms with Crippen molar-refractivity contribution in [1.29, 1.82) is 0 Å². The van der Waals surface area contributed by atoms with Gasteiger partial charge in [-0.2, -0.15) is 17.0 Å². The first-order chi connectivity index (χ1) is 10.8. The molecule has 7 nitrogen and oxygen atoms in total. The average Bonchev–Trinajstić information content (AvgIpc) is 2.52. The number of benzene rings is 1. The van der Waals surface area contributed by atoms with Crippen LogP contribution in [-0.2, 0) is 15.0 Å². The number of ether oxygens (including phenoxy) is 1. The Bertz CT molecular complexity index is 658. The molecule has 0 spiro atoms. The molecule has 0 unspecified atom stereocenters. The van der Waals surface area contributed by atoms with Crippen molar-refractivity contribution in [1.82, 2.24) is 13.5 Å². The fourth-order valence-corrected chi connectivity index (χ4v) is 3.46. The summed E-state index contributed by atoms with van der Waals surface area (Å²) in [5.74, 6) is 0.353. The number of halogens is 1. The van der Waals surface area contributed by atoms with Crippen molar-refractivity contribution in [2.45, 2.75) is 0 Å². The molecule has 0 aromatic heterocycles. The number of rotatable bonds is 5. The molecule has 1 aliphatic rings. The van der Waals surface area contributed by atoms with Crippen LogP contribution in [0.25, 0.3) is 0 Å². The normalized spacial score (nSPS) is 16.6. The third-order valence-electron chi connectivity index (χ3n) is 3.54. The molecule has 0 N–H and O–H groups in total. The van der Waals surface area contributed by atoms with Crippen molar-refractivity contribution in [3.05, 3.63) is 29.3 Å². The summed E-state index contributed by atoms with van der Waals surface area (Å²) in [6.45, 7) is 1.17. The molecule has 2 rings (SSSR count). The van der Waals surface area contributed by atoms with E-state index in [1.165, 1.54) is 22.7 Å². The highest BCUT2D eigenvalue weighted by atomic mass is 35.5. The summed E-state index contributed by atoms with van der Waals surface area (Å²) < 4.78 is 32.0. The molecule has 1 aliphatic heterocycles. The van der Waals surface area contributed by atoms with Crippen LogP contribution in [-0.4, -0.2) is 74.7 Å². The maximum atomic E-state index is 12.1. The molecule has 1 fully saturated rings. The predicted molar refractivity (Wildman–Crippen MR) is 87.7 cm³/mol. The van der Waals surface area contributed by atoms with E-state index >= 15 is 0 Å². The Balaban J connectivity index is 1.84. The van der Waals surface area contributed by atoms with E-state index in [9.17, 15) is 13.2 Å². The van der Waals surface area contributed by atoms with Gasteiger partial charge in [-0.1, -0.05) is 17.7 Å². The van der Waals surface area contributed by atoms with Crippen LogP contribution < -0.4 is 4.74 Å². The van der Waals surface area contributed by atoms with Gasteiger partial charge in [-0.15, -0.1) is 0 Å². The predicted octanol–water partition coefficient (Wildman–Crippen LogP) is 0.669. The summed E-state index contributed by atoms with van der Waals surface area (Å²) in [4.78, 5) is 13.7. The minimum atomic E-state index is -3.43. The zero-order valence-corrected chi connectivity index (χ0v) is 14.7. The lowest BCUT2D eigenvalue weighted by Gasteiger charge is -2.35. The van der Waals surface area contributed by atoms with Crippen molar-refractivity contribution in [2.24, 2.45) is 0 Å². The van der Waals surface area contributed by atoms with Gasteiger partial charge in [0.1, 0.15) is 5.75 Å². The number of piperazine rings is 1. The van der Waals surface area contributed by atoms with Crippen LogP contribution in [0.3, 0.4) is 0 Å². The second-order valence-corrected chi connectivity index (χ2v) is 7.89. The van der Waals surface area contributed by atoms with E-state index in [0.717, 1.165) is 0 Å². The van der Waals surface area contributed by atoms with Crippen LogP contribution in [0, 0.1) is 0 Å². The lowest BCUT2D eigenvalue weighted by molar-refractivity contribution is -0.134. The van der Waals surface area contributed by atoms with Gasteiger partial charge in [0.05, 0.1) is 0 Å². The maximum Gasteiger partial charge on any atom is 0.281 e. The number of carbonyl (C=O) groups is 1. The van der Waals surface area contributed by atoms with Crippen LogP contribution in [0.15, 0.2) is 24.3 Å². The van der Waals surface area contributed by atoms with Crippen LogP contribution in [0.5, 0.6) is 5.75 Å². The van der Waals surface area contributed by atoms with E-state index in [0.29, 0.717) is 23.9 Å². The summed E-state index contributed by atoms with van der Waals surface area (Å²) in [5.41, 5.74) is 0. The Kier molecular flexibility index (Phi) is 5.85. The van der Waals surface area contributed by atoms with Gasteiger partial charge in [0, 0.05) is 45.3 Å². The van der Waals surface area contributed by atoms with Crippen molar-refractivity contribution in [3.8, 4) is 5.75 Å². The topological polar surface area (TPSA) is 70.2 Å². The first kappa shape index (κ1) is 18.0. The van der Waals surface area contributed by atoms with E-state index in [1.807, 2.05) is 0 Å². The first-order valence-electron chi connectivity index (χ1n) is 7.14. The molecule has 1 saturated heterocycles. The van der Waals surface area contributed by atoms with Gasteiger partial charge < -0.3 is 9.64 Å². The minimum absolute atomic E-state index is 0.0965. The highest BCUT2D eigenvalue weighted by Gasteiger charge is 2.30. The van der Waals surface area contributed by atoms with Crippen molar-refractivity contribution in [3.63, 3.8) is 0 Å². The average molecular weight is 362 g/mol. The molecule has 0 atom stereocenters. The zero-order valence-electron chi connectivity index (χ0n) is 13.1. The monoisotopic (exact) mass is 361 g/mol. The van der Waals surface area contributed by atoms with E-state index in [2.05, 4.69) is 0 Å². The Morgan fingerprint density at radius 3 is 2.48 bits per heavy atom. The molecule has 1 heterocycles. The lowest BCUT2D eigenvalue weighted by atomic mass is 10.3. The Morgan fingerprint density at radius 1 is 1.26 bits per heavy atom. The Morgan fingerprint density at radius 2 is 1.91 bits per heavy atom. The molecule has 0 saturated carbocycles. The van der Waals surface area contributed by atoms with E-state index in [4.69, 9.17) is 16.3 Å². The molecule has 1 aromatic rings. The largest absolute Gasteiger partial charge is 0.484 e. The number of hydrogen-bond acceptors (Lipinski definition) is 4. The van der Waals surface area contributed by atoms with Crippen LogP contribution in [0.1, 0.15) is 0 Å². The summed E-state index contributed by atoms with van der Waals surface area (Å²) in [6, 6.07) is 6.82. The fourth-order valence-electron chi connectivity index (χ4n) is 2.19. The van der Waals surface area contributed by atoms with Crippen LogP contribution in [0.2, 0.25) is 5.02 Å². The molecule has 9 heteroatoms. The van der Waals surface area contributed by atoms with Crippen molar-refractivity contribution < 1.29 is 17.9 Å². The number of hydrogen-bond donors (Lipinski definition) is 0. The van der Waals surface area contributed by atoms with Gasteiger partial charge in [0.25, 0.3) is 16.1 Å². The molecule has 23 heavy (non-hydrogen) atoms. The second kappa shape index (κ2) is 7.48. The standard InChI is InChI=1S/C14H20ClN3O4S/c1-16(2)23(20,21)18-8-6-17(7-9-18)14(19)11-22-13-5-3-4-12(15)10-13/h3-5,10H,6-9,11H2,1-2H3. The van der Waals surface area contributed by atoms with E-state index in [-0.39, 0.29) is 25.6 Å². The Labute approximate surface area is 141 Å². The molecular formula is C14H20ClN3O4S. The summed E-state index contributed by atoms with van der Waals surface area (Å²) in [6.07, 6.45) is 0. The van der Waals surface area contributed by atoms with Gasteiger partial charge >= 0.3 is 0 Å². The molecular weight excluding hydrogens is 342 g/mol. The maximum absolute atomic E-state index is 12.1. The van der Waals surface area contributed by atoms with Gasteiger partial charge in [0.2, 0.25) is 0 Å². The van der Waals surface area contributed by atoms with Crippen molar-refractivity contribution >= 4 is 27.7 Å². The Hall–Kier alpha value is -1.35. The fraction of sp³-hybridized carbons (Fsp3) is 0.500. The molecule has 1 aromatic carbocycles. The van der Waals surface area contributed by atoms with Gasteiger partial charge in [-0.25, -0.2) is 0 Å². The van der Waals surface area contributed by atoms with E-state index < -0.39 is 10.2 Å². The zero-order chi connectivity index (χ0) is 17.0. The second-order valence-electron chi connectivity index (χ2n) is 5.32. The summed E-state index contributed by atoms with van der Waals surface area (Å²) in [7, 11) is -0.443. The molecule has 1 amide bonds. The van der Waals surface area contributed by atoms with Gasteiger partial charge in [-0.05, 0) is 18.2 Å². The SMILES string of the molecule is CN(C)S(=O)(=O)N1CCN(C(=O)COc2cccc(Cl)c2)CC1. The number of nitrogens with zero attached hydrogens (tertiary/aromatic N) is 3. The van der Waals surface area contributed by atoms with Crippen LogP contribution in [0.4, 0.5) is 0 Å². The highest BCUT2D eigenvalue weighted by molar-refractivity contribution is 7.86. The minimum Gasteiger partial charge on any atom is -0.484 e. The summed E-state index contributed by atoms with van der Waals surface area (Å²) >= 11 is 5.85. The smallest absolute Gasteiger partial charge is 0.281 e. The third kappa shape index (κ3) is 4.57. The first-order valence-corrected chi connectivity index (χ1v) is 8.92. The van der Waals surface area contributed by atoms with Gasteiger partial charge in [0.15, 0.2) is 6.61 Å². The third-order valence-corrected chi connectivity index (χ3v) is 5.71. The quantitative estimate of drug-likeness (QED) is 0.773. The van der Waals surface area contributed by atoms with Crippen LogP contribution >= 0.6 is 11.6 Å². The molecule has 0 bridgehead atoms. The number of amides is 1. The molecule has 0 radical (unpaired) electrons.